The summed E-state index contributed by atoms with van der Waals surface area (Å²) in [6.45, 7) is 5.05. The highest BCUT2D eigenvalue weighted by Crippen LogP contribution is 2.13. The van der Waals surface area contributed by atoms with Crippen LogP contribution in [0.4, 0.5) is 0 Å². The van der Waals surface area contributed by atoms with E-state index in [0.717, 1.165) is 17.9 Å². The van der Waals surface area contributed by atoms with Crippen molar-refractivity contribution in [2.45, 2.75) is 39.2 Å². The summed E-state index contributed by atoms with van der Waals surface area (Å²) < 4.78 is 10.8. The molecule has 19 heavy (non-hydrogen) atoms. The quantitative estimate of drug-likeness (QED) is 0.622. The minimum absolute atomic E-state index is 0.152. The second-order valence-corrected chi connectivity index (χ2v) is 4.86. The highest BCUT2D eigenvalue weighted by Gasteiger charge is 2.09. The number of hydrogen-bond acceptors (Lipinski definition) is 2. The topological polar surface area (TPSA) is 18.5 Å². The summed E-state index contributed by atoms with van der Waals surface area (Å²) in [4.78, 5) is 0. The van der Waals surface area contributed by atoms with E-state index in [-0.39, 0.29) is 6.10 Å². The van der Waals surface area contributed by atoms with E-state index in [1.807, 2.05) is 30.3 Å². The van der Waals surface area contributed by atoms with Crippen molar-refractivity contribution >= 4 is 6.08 Å². The maximum atomic E-state index is 5.42. The summed E-state index contributed by atoms with van der Waals surface area (Å²) in [5.74, 6) is 0.748. The van der Waals surface area contributed by atoms with Crippen LogP contribution >= 0.6 is 0 Å². The Bertz CT molecular complexity index is 346. The Kier molecular flexibility index (Phi) is 7.99. The molecular formula is C17H24O2. The van der Waals surface area contributed by atoms with E-state index in [0.29, 0.717) is 6.61 Å². The molecule has 0 saturated carbocycles. The Morgan fingerprint density at radius 2 is 2.05 bits per heavy atom. The van der Waals surface area contributed by atoms with Crippen LogP contribution in [0, 0.1) is 18.2 Å². The molecule has 0 amide bonds. The number of benzene rings is 1. The molecule has 1 rings (SSSR count). The van der Waals surface area contributed by atoms with E-state index < -0.39 is 0 Å². The van der Waals surface area contributed by atoms with Crippen molar-refractivity contribution in [3.8, 4) is 0 Å². The van der Waals surface area contributed by atoms with Gasteiger partial charge in [0.1, 0.15) is 6.61 Å². The SMILES string of the molecule is CCC(C)CCC(CO[C]=Cc1cc[c]cc1)OC. The molecule has 0 aliphatic carbocycles. The molecule has 2 nitrogen and oxygen atoms in total. The van der Waals surface area contributed by atoms with Gasteiger partial charge in [-0.15, -0.1) is 0 Å². The van der Waals surface area contributed by atoms with Gasteiger partial charge in [0, 0.05) is 7.11 Å². The van der Waals surface area contributed by atoms with Crippen LogP contribution in [0.25, 0.3) is 6.08 Å². The summed E-state index contributed by atoms with van der Waals surface area (Å²) in [6.07, 6.45) is 8.26. The van der Waals surface area contributed by atoms with Gasteiger partial charge in [0.25, 0.3) is 0 Å². The van der Waals surface area contributed by atoms with E-state index in [1.54, 1.807) is 7.11 Å². The van der Waals surface area contributed by atoms with Gasteiger partial charge in [0.05, 0.1) is 6.10 Å². The van der Waals surface area contributed by atoms with Gasteiger partial charge in [-0.2, -0.15) is 0 Å². The zero-order valence-electron chi connectivity index (χ0n) is 12.2. The monoisotopic (exact) mass is 260 g/mol. The first kappa shape index (κ1) is 15.8. The summed E-state index contributed by atoms with van der Waals surface area (Å²) in [5.41, 5.74) is 1.06. The first-order chi connectivity index (χ1) is 9.26. The van der Waals surface area contributed by atoms with Crippen molar-refractivity contribution in [1.29, 1.82) is 0 Å². The van der Waals surface area contributed by atoms with Gasteiger partial charge in [0.2, 0.25) is 0 Å². The third kappa shape index (κ3) is 7.02. The Morgan fingerprint density at radius 1 is 1.32 bits per heavy atom. The molecule has 0 heterocycles. The van der Waals surface area contributed by atoms with Crippen molar-refractivity contribution in [1.82, 2.24) is 0 Å². The lowest BCUT2D eigenvalue weighted by molar-refractivity contribution is 0.0287. The summed E-state index contributed by atoms with van der Waals surface area (Å²) in [7, 11) is 1.74. The lowest BCUT2D eigenvalue weighted by atomic mass is 10.0. The number of hydrogen-bond donors (Lipinski definition) is 0. The van der Waals surface area contributed by atoms with Crippen LogP contribution < -0.4 is 0 Å². The fraction of sp³-hybridized carbons (Fsp3) is 0.529. The number of methoxy groups -OCH3 is 1. The van der Waals surface area contributed by atoms with E-state index in [2.05, 4.69) is 26.2 Å². The lowest BCUT2D eigenvalue weighted by Crippen LogP contribution is -2.18. The van der Waals surface area contributed by atoms with Crippen LogP contribution in [0.15, 0.2) is 24.3 Å². The third-order valence-electron chi connectivity index (χ3n) is 3.33. The van der Waals surface area contributed by atoms with E-state index >= 15 is 0 Å². The van der Waals surface area contributed by atoms with Crippen LogP contribution in [0.3, 0.4) is 0 Å². The molecule has 2 atom stereocenters. The van der Waals surface area contributed by atoms with Gasteiger partial charge in [-0.05, 0) is 36.5 Å². The maximum Gasteiger partial charge on any atom is 0.161 e. The highest BCUT2D eigenvalue weighted by molar-refractivity contribution is 5.45. The highest BCUT2D eigenvalue weighted by atomic mass is 16.5. The van der Waals surface area contributed by atoms with Crippen LogP contribution in [0.5, 0.6) is 0 Å². The zero-order valence-corrected chi connectivity index (χ0v) is 12.2. The minimum atomic E-state index is 0.152. The molecule has 0 bridgehead atoms. The molecule has 0 spiro atoms. The first-order valence-electron chi connectivity index (χ1n) is 6.95. The van der Waals surface area contributed by atoms with Crippen molar-refractivity contribution < 1.29 is 9.47 Å². The zero-order chi connectivity index (χ0) is 13.9. The van der Waals surface area contributed by atoms with Gasteiger partial charge in [-0.1, -0.05) is 44.5 Å². The van der Waals surface area contributed by atoms with Gasteiger partial charge in [-0.3, -0.25) is 0 Å². The predicted molar refractivity (Wildman–Crippen MR) is 78.4 cm³/mol. The molecular weight excluding hydrogens is 236 g/mol. The van der Waals surface area contributed by atoms with E-state index in [1.165, 1.54) is 12.8 Å². The Balaban J connectivity index is 2.24. The lowest BCUT2D eigenvalue weighted by Gasteiger charge is -2.16. The van der Waals surface area contributed by atoms with E-state index in [4.69, 9.17) is 9.47 Å². The molecule has 0 aliphatic rings. The van der Waals surface area contributed by atoms with Crippen molar-refractivity contribution in [2.75, 3.05) is 13.7 Å². The maximum absolute atomic E-state index is 5.42. The van der Waals surface area contributed by atoms with Gasteiger partial charge < -0.3 is 9.47 Å². The second kappa shape index (κ2) is 9.62. The standard InChI is InChI=1S/C17H24O2/c1-4-15(2)10-11-17(18-3)14-19-13-12-16-8-6-5-7-9-16/h6-9,12,15,17H,4,10-11,14H2,1-3H3. The van der Waals surface area contributed by atoms with Crippen molar-refractivity contribution in [3.05, 3.63) is 42.2 Å². The Hall–Kier alpha value is -1.28. The molecule has 0 aliphatic heterocycles. The molecule has 2 heteroatoms. The smallest absolute Gasteiger partial charge is 0.161 e. The average Bonchev–Trinajstić information content (AvgIpc) is 2.47. The molecule has 0 fully saturated rings. The van der Waals surface area contributed by atoms with Crippen LogP contribution in [-0.4, -0.2) is 19.8 Å². The predicted octanol–water partition coefficient (Wildman–Crippen LogP) is 4.12. The third-order valence-corrected chi connectivity index (χ3v) is 3.33. The fourth-order valence-electron chi connectivity index (χ4n) is 1.69. The van der Waals surface area contributed by atoms with Gasteiger partial charge in [0.15, 0.2) is 6.26 Å². The molecule has 2 radical (unpaired) electrons. The number of ether oxygens (including phenoxy) is 2. The molecule has 2 unspecified atom stereocenters. The van der Waals surface area contributed by atoms with Crippen molar-refractivity contribution in [2.24, 2.45) is 5.92 Å². The summed E-state index contributed by atoms with van der Waals surface area (Å²) >= 11 is 0. The second-order valence-electron chi connectivity index (χ2n) is 4.86. The molecule has 0 saturated heterocycles. The van der Waals surface area contributed by atoms with Crippen LogP contribution in [0.2, 0.25) is 0 Å². The summed E-state index contributed by atoms with van der Waals surface area (Å²) in [5, 5.41) is 0. The normalized spacial score (nSPS) is 14.5. The Labute approximate surface area is 117 Å². The first-order valence-corrected chi connectivity index (χ1v) is 6.95. The van der Waals surface area contributed by atoms with E-state index in [9.17, 15) is 0 Å². The van der Waals surface area contributed by atoms with Crippen molar-refractivity contribution in [3.63, 3.8) is 0 Å². The summed E-state index contributed by atoms with van der Waals surface area (Å²) in [6, 6.07) is 10.7. The molecule has 0 N–H and O–H groups in total. The minimum Gasteiger partial charge on any atom is -0.487 e. The van der Waals surface area contributed by atoms with Gasteiger partial charge in [-0.25, -0.2) is 0 Å². The van der Waals surface area contributed by atoms with Gasteiger partial charge >= 0.3 is 0 Å². The molecule has 104 valence electrons. The fourth-order valence-corrected chi connectivity index (χ4v) is 1.69. The molecule has 0 aromatic heterocycles. The van der Waals surface area contributed by atoms with Crippen LogP contribution in [-0.2, 0) is 9.47 Å². The molecule has 1 aromatic carbocycles. The molecule has 1 aromatic rings. The largest absolute Gasteiger partial charge is 0.487 e. The average molecular weight is 260 g/mol. The number of rotatable bonds is 9. The Morgan fingerprint density at radius 3 is 2.68 bits per heavy atom. The van der Waals surface area contributed by atoms with Crippen LogP contribution in [0.1, 0.15) is 38.7 Å².